The Balaban J connectivity index is 1.93. The van der Waals surface area contributed by atoms with Crippen LogP contribution in [0.1, 0.15) is 24.0 Å². The number of likely N-dealkylation sites (tertiary alicyclic amines) is 1. The normalized spacial score (nSPS) is 16.0. The van der Waals surface area contributed by atoms with Crippen LogP contribution in [0.3, 0.4) is 0 Å². The van der Waals surface area contributed by atoms with Gasteiger partial charge in [0, 0.05) is 13.1 Å². The van der Waals surface area contributed by atoms with E-state index in [-0.39, 0.29) is 0 Å². The number of nitrogens with one attached hydrogen (secondary N) is 1. The fourth-order valence-corrected chi connectivity index (χ4v) is 2.23. The van der Waals surface area contributed by atoms with Gasteiger partial charge in [0.1, 0.15) is 0 Å². The first kappa shape index (κ1) is 11.9. The molecule has 0 aliphatic carbocycles. The van der Waals surface area contributed by atoms with Crippen LogP contribution in [0.15, 0.2) is 24.3 Å². The quantitative estimate of drug-likeness (QED) is 0.827. The van der Waals surface area contributed by atoms with Crippen molar-refractivity contribution in [1.82, 2.24) is 10.2 Å². The van der Waals surface area contributed by atoms with Gasteiger partial charge in [-0.2, -0.15) is 0 Å². The van der Waals surface area contributed by atoms with Crippen LogP contribution in [0, 0.1) is 0 Å². The van der Waals surface area contributed by atoms with E-state index in [2.05, 4.69) is 22.3 Å². The van der Waals surface area contributed by atoms with E-state index in [4.69, 9.17) is 5.73 Å². The lowest BCUT2D eigenvalue weighted by molar-refractivity contribution is 0.248. The fraction of sp³-hybridized carbons (Fsp3) is 0.462. The molecule has 1 fully saturated rings. The van der Waals surface area contributed by atoms with Gasteiger partial charge in [0.2, 0.25) is 0 Å². The smallest absolute Gasteiger partial charge is 0.312 e. The van der Waals surface area contributed by atoms with E-state index in [0.29, 0.717) is 6.54 Å². The Morgan fingerprint density at radius 3 is 2.71 bits per heavy atom. The summed E-state index contributed by atoms with van der Waals surface area (Å²) in [6.45, 7) is 3.90. The van der Waals surface area contributed by atoms with Crippen molar-refractivity contribution in [3.63, 3.8) is 0 Å². The Morgan fingerprint density at radius 2 is 2.00 bits per heavy atom. The van der Waals surface area contributed by atoms with Gasteiger partial charge in [-0.1, -0.05) is 24.3 Å². The molecule has 17 heavy (non-hydrogen) atoms. The van der Waals surface area contributed by atoms with Gasteiger partial charge in [-0.05, 0) is 37.1 Å². The highest BCUT2D eigenvalue weighted by Gasteiger charge is 2.11. The van der Waals surface area contributed by atoms with Crippen molar-refractivity contribution in [2.45, 2.75) is 25.9 Å². The number of rotatable bonds is 4. The summed E-state index contributed by atoms with van der Waals surface area (Å²) in [5.41, 5.74) is 7.45. The number of hydrogen-bond donors (Lipinski definition) is 2. The van der Waals surface area contributed by atoms with Crippen LogP contribution in [0.2, 0.25) is 0 Å². The molecule has 4 heteroatoms. The van der Waals surface area contributed by atoms with Gasteiger partial charge in [0.05, 0.1) is 0 Å². The summed E-state index contributed by atoms with van der Waals surface area (Å²) < 4.78 is 0. The molecular formula is C13H19N3O. The van der Waals surface area contributed by atoms with E-state index in [1.165, 1.54) is 31.5 Å². The number of primary amides is 1. The molecular weight excluding hydrogens is 214 g/mol. The molecule has 2 rings (SSSR count). The largest absolute Gasteiger partial charge is 0.352 e. The summed E-state index contributed by atoms with van der Waals surface area (Å²) in [5, 5.41) is 2.61. The SMILES string of the molecule is NC(=O)NCc1cccc(CN2CCCC2)c1. The third kappa shape index (κ3) is 3.75. The highest BCUT2D eigenvalue weighted by atomic mass is 16.2. The molecule has 1 aliphatic rings. The van der Waals surface area contributed by atoms with Crippen LogP contribution in [-0.2, 0) is 13.1 Å². The molecule has 0 unspecified atom stereocenters. The summed E-state index contributed by atoms with van der Waals surface area (Å²) >= 11 is 0. The van der Waals surface area contributed by atoms with Crippen LogP contribution < -0.4 is 11.1 Å². The number of carbonyl (C=O) groups excluding carboxylic acids is 1. The van der Waals surface area contributed by atoms with E-state index in [9.17, 15) is 4.79 Å². The lowest BCUT2D eigenvalue weighted by Crippen LogP contribution is -2.28. The Morgan fingerprint density at radius 1 is 1.29 bits per heavy atom. The average molecular weight is 233 g/mol. The van der Waals surface area contributed by atoms with E-state index >= 15 is 0 Å². The Bertz CT molecular complexity index is 386. The predicted octanol–water partition coefficient (Wildman–Crippen LogP) is 1.45. The summed E-state index contributed by atoms with van der Waals surface area (Å²) in [7, 11) is 0. The monoisotopic (exact) mass is 233 g/mol. The number of urea groups is 1. The zero-order chi connectivity index (χ0) is 12.1. The molecule has 3 N–H and O–H groups in total. The fourth-order valence-electron chi connectivity index (χ4n) is 2.23. The lowest BCUT2D eigenvalue weighted by Gasteiger charge is -2.15. The van der Waals surface area contributed by atoms with Crippen LogP contribution in [0.4, 0.5) is 4.79 Å². The second-order valence-corrected chi connectivity index (χ2v) is 4.52. The zero-order valence-electron chi connectivity index (χ0n) is 9.98. The minimum absolute atomic E-state index is 0.477. The van der Waals surface area contributed by atoms with E-state index in [0.717, 1.165) is 12.1 Å². The first-order valence-corrected chi connectivity index (χ1v) is 6.07. The molecule has 0 aromatic heterocycles. The number of amides is 2. The maximum absolute atomic E-state index is 10.6. The molecule has 2 amide bonds. The van der Waals surface area contributed by atoms with E-state index in [1.807, 2.05) is 12.1 Å². The third-order valence-corrected chi connectivity index (χ3v) is 3.06. The van der Waals surface area contributed by atoms with Gasteiger partial charge in [-0.15, -0.1) is 0 Å². The van der Waals surface area contributed by atoms with Gasteiger partial charge in [0.25, 0.3) is 0 Å². The second-order valence-electron chi connectivity index (χ2n) is 4.52. The summed E-state index contributed by atoms with van der Waals surface area (Å²) in [5.74, 6) is 0. The van der Waals surface area contributed by atoms with Gasteiger partial charge in [0.15, 0.2) is 0 Å². The topological polar surface area (TPSA) is 58.4 Å². The number of carbonyl (C=O) groups is 1. The molecule has 1 aromatic carbocycles. The molecule has 4 nitrogen and oxygen atoms in total. The van der Waals surface area contributed by atoms with Crippen LogP contribution >= 0.6 is 0 Å². The predicted molar refractivity (Wildman–Crippen MR) is 67.4 cm³/mol. The van der Waals surface area contributed by atoms with Gasteiger partial charge in [-0.25, -0.2) is 4.79 Å². The van der Waals surface area contributed by atoms with Gasteiger partial charge >= 0.3 is 6.03 Å². The van der Waals surface area contributed by atoms with Crippen LogP contribution in [-0.4, -0.2) is 24.0 Å². The van der Waals surface area contributed by atoms with Crippen molar-refractivity contribution in [2.24, 2.45) is 5.73 Å². The molecule has 0 bridgehead atoms. The lowest BCUT2D eigenvalue weighted by atomic mass is 10.1. The minimum Gasteiger partial charge on any atom is -0.352 e. The van der Waals surface area contributed by atoms with E-state index < -0.39 is 6.03 Å². The molecule has 1 aliphatic heterocycles. The molecule has 0 saturated carbocycles. The Labute approximate surface area is 102 Å². The van der Waals surface area contributed by atoms with Crippen molar-refractivity contribution in [3.8, 4) is 0 Å². The van der Waals surface area contributed by atoms with Crippen LogP contribution in [0.5, 0.6) is 0 Å². The van der Waals surface area contributed by atoms with Crippen molar-refractivity contribution in [3.05, 3.63) is 35.4 Å². The highest BCUT2D eigenvalue weighted by molar-refractivity contribution is 5.71. The maximum atomic E-state index is 10.6. The molecule has 0 radical (unpaired) electrons. The van der Waals surface area contributed by atoms with Gasteiger partial charge < -0.3 is 11.1 Å². The summed E-state index contributed by atoms with van der Waals surface area (Å²) in [6, 6.07) is 7.82. The maximum Gasteiger partial charge on any atom is 0.312 e. The summed E-state index contributed by atoms with van der Waals surface area (Å²) in [4.78, 5) is 13.1. The summed E-state index contributed by atoms with van der Waals surface area (Å²) in [6.07, 6.45) is 2.62. The van der Waals surface area contributed by atoms with Gasteiger partial charge in [-0.3, -0.25) is 4.90 Å². The van der Waals surface area contributed by atoms with Crippen molar-refractivity contribution in [1.29, 1.82) is 0 Å². The molecule has 92 valence electrons. The van der Waals surface area contributed by atoms with E-state index in [1.54, 1.807) is 0 Å². The number of benzene rings is 1. The number of nitrogens with two attached hydrogens (primary N) is 1. The molecule has 0 atom stereocenters. The first-order chi connectivity index (χ1) is 8.24. The Hall–Kier alpha value is -1.55. The second kappa shape index (κ2) is 5.68. The Kier molecular flexibility index (Phi) is 3.98. The van der Waals surface area contributed by atoms with Crippen molar-refractivity contribution < 1.29 is 4.79 Å². The van der Waals surface area contributed by atoms with Crippen LogP contribution in [0.25, 0.3) is 0 Å². The number of nitrogens with zero attached hydrogens (tertiary/aromatic N) is 1. The van der Waals surface area contributed by atoms with Crippen molar-refractivity contribution >= 4 is 6.03 Å². The third-order valence-electron chi connectivity index (χ3n) is 3.06. The first-order valence-electron chi connectivity index (χ1n) is 6.07. The molecule has 1 heterocycles. The standard InChI is InChI=1S/C13H19N3O/c14-13(17)15-9-11-4-3-5-12(8-11)10-16-6-1-2-7-16/h3-5,8H,1-2,6-7,9-10H2,(H3,14,15,17). The average Bonchev–Trinajstić information content (AvgIpc) is 2.80. The van der Waals surface area contributed by atoms with Crippen molar-refractivity contribution in [2.75, 3.05) is 13.1 Å². The molecule has 1 saturated heterocycles. The highest BCUT2D eigenvalue weighted by Crippen LogP contribution is 2.13. The molecule has 1 aromatic rings. The number of hydrogen-bond acceptors (Lipinski definition) is 2. The zero-order valence-corrected chi connectivity index (χ0v) is 9.98. The molecule has 0 spiro atoms. The minimum atomic E-state index is -0.477.